The van der Waals surface area contributed by atoms with Gasteiger partial charge in [-0.25, -0.2) is 0 Å². The van der Waals surface area contributed by atoms with Crippen LogP contribution in [0, 0.1) is 5.92 Å². The molecule has 1 atom stereocenters. The molecule has 0 N–H and O–H groups in total. The van der Waals surface area contributed by atoms with Crippen LogP contribution in [0.25, 0.3) is 0 Å². The first-order chi connectivity index (χ1) is 13.2. The first-order valence-electron chi connectivity index (χ1n) is 10.1. The van der Waals surface area contributed by atoms with Crippen molar-refractivity contribution < 1.29 is 9.53 Å². The highest BCUT2D eigenvalue weighted by molar-refractivity contribution is 5.77. The largest absolute Gasteiger partial charge is 0.497 e. The number of hydrogen-bond donors (Lipinski definition) is 0. The Morgan fingerprint density at radius 3 is 2.37 bits per heavy atom. The van der Waals surface area contributed by atoms with E-state index >= 15 is 0 Å². The zero-order valence-electron chi connectivity index (χ0n) is 16.6. The summed E-state index contributed by atoms with van der Waals surface area (Å²) in [5.41, 5.74) is 2.62. The van der Waals surface area contributed by atoms with Gasteiger partial charge in [0, 0.05) is 19.5 Å². The number of likely N-dealkylation sites (tertiary alicyclic amines) is 1. The Morgan fingerprint density at radius 2 is 1.74 bits per heavy atom. The number of nitrogens with zero attached hydrogens (tertiary/aromatic N) is 1. The average Bonchev–Trinajstić information content (AvgIpc) is 2.73. The van der Waals surface area contributed by atoms with E-state index in [-0.39, 0.29) is 5.92 Å². The Bertz CT molecular complexity index is 703. The summed E-state index contributed by atoms with van der Waals surface area (Å²) in [7, 11) is 1.70. The van der Waals surface area contributed by atoms with Gasteiger partial charge in [-0.1, -0.05) is 49.4 Å². The van der Waals surface area contributed by atoms with E-state index in [0.29, 0.717) is 12.3 Å². The summed E-state index contributed by atoms with van der Waals surface area (Å²) in [6.45, 7) is 3.97. The molecule has 1 aliphatic rings. The summed E-state index contributed by atoms with van der Waals surface area (Å²) in [5, 5.41) is 0. The Morgan fingerprint density at radius 1 is 1.07 bits per heavy atom. The number of piperidine rings is 1. The lowest BCUT2D eigenvalue weighted by Crippen LogP contribution is -2.39. The molecule has 27 heavy (non-hydrogen) atoms. The highest BCUT2D eigenvalue weighted by atomic mass is 16.5. The summed E-state index contributed by atoms with van der Waals surface area (Å²) >= 11 is 0. The number of methoxy groups -OCH3 is 1. The Labute approximate surface area is 163 Å². The number of aryl methyl sites for hydroxylation is 1. The van der Waals surface area contributed by atoms with Crippen molar-refractivity contribution in [3.05, 3.63) is 65.7 Å². The van der Waals surface area contributed by atoms with Gasteiger partial charge in [0.25, 0.3) is 0 Å². The molecule has 1 heterocycles. The predicted octanol–water partition coefficient (Wildman–Crippen LogP) is 5.06. The lowest BCUT2D eigenvalue weighted by molar-refractivity contribution is -0.132. The second kappa shape index (κ2) is 9.59. The SMILES string of the molecule is COc1ccc(CCC2CCN(C(=O)CC(C)c3ccccc3)CC2)cc1. The maximum absolute atomic E-state index is 12.6. The van der Waals surface area contributed by atoms with Crippen molar-refractivity contribution in [3.8, 4) is 5.75 Å². The van der Waals surface area contributed by atoms with Crippen molar-refractivity contribution in [1.29, 1.82) is 0 Å². The van der Waals surface area contributed by atoms with E-state index in [4.69, 9.17) is 4.74 Å². The molecule has 0 aromatic heterocycles. The van der Waals surface area contributed by atoms with Crippen LogP contribution in [0.2, 0.25) is 0 Å². The molecule has 2 aromatic rings. The molecule has 0 spiro atoms. The van der Waals surface area contributed by atoms with Gasteiger partial charge in [0.2, 0.25) is 5.91 Å². The fourth-order valence-electron chi connectivity index (χ4n) is 3.92. The molecule has 1 unspecified atom stereocenters. The quantitative estimate of drug-likeness (QED) is 0.686. The van der Waals surface area contributed by atoms with Gasteiger partial charge in [0.05, 0.1) is 7.11 Å². The normalized spacial score (nSPS) is 16.1. The zero-order chi connectivity index (χ0) is 19.1. The molecule has 0 aliphatic carbocycles. The molecule has 144 valence electrons. The van der Waals surface area contributed by atoms with Gasteiger partial charge in [-0.05, 0) is 60.8 Å². The fourth-order valence-corrected chi connectivity index (χ4v) is 3.92. The summed E-state index contributed by atoms with van der Waals surface area (Å²) in [6.07, 6.45) is 5.17. The number of benzene rings is 2. The van der Waals surface area contributed by atoms with Gasteiger partial charge in [-0.15, -0.1) is 0 Å². The summed E-state index contributed by atoms with van der Waals surface area (Å²) in [4.78, 5) is 14.7. The smallest absolute Gasteiger partial charge is 0.223 e. The van der Waals surface area contributed by atoms with Crippen molar-refractivity contribution in [2.24, 2.45) is 5.92 Å². The molecule has 0 radical (unpaired) electrons. The molecular weight excluding hydrogens is 334 g/mol. The third kappa shape index (κ3) is 5.59. The summed E-state index contributed by atoms with van der Waals surface area (Å²) < 4.78 is 5.22. The van der Waals surface area contributed by atoms with Gasteiger partial charge >= 0.3 is 0 Å². The molecule has 2 aromatic carbocycles. The van der Waals surface area contributed by atoms with Gasteiger partial charge < -0.3 is 9.64 Å². The predicted molar refractivity (Wildman–Crippen MR) is 110 cm³/mol. The Hall–Kier alpha value is -2.29. The number of hydrogen-bond acceptors (Lipinski definition) is 2. The maximum atomic E-state index is 12.6. The van der Waals surface area contributed by atoms with E-state index in [1.807, 2.05) is 30.3 Å². The minimum atomic E-state index is 0.284. The molecule has 3 heteroatoms. The average molecular weight is 366 g/mol. The molecule has 1 amide bonds. The molecule has 1 fully saturated rings. The number of rotatable bonds is 7. The van der Waals surface area contributed by atoms with Crippen LogP contribution in [0.1, 0.15) is 49.7 Å². The molecule has 1 aliphatic heterocycles. The van der Waals surface area contributed by atoms with Gasteiger partial charge in [-0.2, -0.15) is 0 Å². The molecule has 3 nitrogen and oxygen atoms in total. The van der Waals surface area contributed by atoms with Crippen LogP contribution in [-0.4, -0.2) is 31.0 Å². The van der Waals surface area contributed by atoms with Crippen LogP contribution in [-0.2, 0) is 11.2 Å². The standard InChI is InChI=1S/C24H31NO2/c1-19(22-6-4-3-5-7-22)18-24(26)25-16-14-21(15-17-25)9-8-20-10-12-23(27-2)13-11-20/h3-7,10-13,19,21H,8-9,14-18H2,1-2H3. The second-order valence-electron chi connectivity index (χ2n) is 7.73. The first-order valence-corrected chi connectivity index (χ1v) is 10.1. The maximum Gasteiger partial charge on any atom is 0.223 e. The summed E-state index contributed by atoms with van der Waals surface area (Å²) in [5.74, 6) is 2.23. The van der Waals surface area contributed by atoms with Gasteiger partial charge in [-0.3, -0.25) is 4.79 Å². The number of carbonyl (C=O) groups excluding carboxylic acids is 1. The van der Waals surface area contributed by atoms with Crippen molar-refractivity contribution in [3.63, 3.8) is 0 Å². The second-order valence-corrected chi connectivity index (χ2v) is 7.73. The van der Waals surface area contributed by atoms with Gasteiger partial charge in [0.1, 0.15) is 5.75 Å². The fraction of sp³-hybridized carbons (Fsp3) is 0.458. The van der Waals surface area contributed by atoms with E-state index in [1.54, 1.807) is 7.11 Å². The number of ether oxygens (including phenoxy) is 1. The topological polar surface area (TPSA) is 29.5 Å². The minimum absolute atomic E-state index is 0.284. The van der Waals surface area contributed by atoms with Crippen molar-refractivity contribution >= 4 is 5.91 Å². The third-order valence-corrected chi connectivity index (χ3v) is 5.82. The first kappa shape index (κ1) is 19.5. The van der Waals surface area contributed by atoms with E-state index in [1.165, 1.54) is 17.5 Å². The molecule has 0 bridgehead atoms. The van der Waals surface area contributed by atoms with E-state index in [0.717, 1.165) is 44.0 Å². The third-order valence-electron chi connectivity index (χ3n) is 5.82. The molecular formula is C24H31NO2. The van der Waals surface area contributed by atoms with E-state index < -0.39 is 0 Å². The van der Waals surface area contributed by atoms with Gasteiger partial charge in [0.15, 0.2) is 0 Å². The van der Waals surface area contributed by atoms with Crippen LogP contribution in [0.3, 0.4) is 0 Å². The van der Waals surface area contributed by atoms with Crippen molar-refractivity contribution in [2.45, 2.75) is 44.9 Å². The highest BCUT2D eigenvalue weighted by Crippen LogP contribution is 2.25. The monoisotopic (exact) mass is 365 g/mol. The van der Waals surface area contributed by atoms with Crippen molar-refractivity contribution in [1.82, 2.24) is 4.90 Å². The Balaban J connectivity index is 1.40. The van der Waals surface area contributed by atoms with Crippen LogP contribution in [0.5, 0.6) is 5.75 Å². The minimum Gasteiger partial charge on any atom is -0.497 e. The van der Waals surface area contributed by atoms with Crippen LogP contribution < -0.4 is 4.74 Å². The molecule has 1 saturated heterocycles. The van der Waals surface area contributed by atoms with Crippen molar-refractivity contribution in [2.75, 3.05) is 20.2 Å². The van der Waals surface area contributed by atoms with Crippen LogP contribution in [0.15, 0.2) is 54.6 Å². The number of amides is 1. The van der Waals surface area contributed by atoms with E-state index in [9.17, 15) is 4.79 Å². The van der Waals surface area contributed by atoms with E-state index in [2.05, 4.69) is 36.1 Å². The lowest BCUT2D eigenvalue weighted by atomic mass is 9.90. The zero-order valence-corrected chi connectivity index (χ0v) is 16.6. The molecule has 0 saturated carbocycles. The summed E-state index contributed by atoms with van der Waals surface area (Å²) in [6, 6.07) is 18.7. The van der Waals surface area contributed by atoms with Crippen LogP contribution >= 0.6 is 0 Å². The highest BCUT2D eigenvalue weighted by Gasteiger charge is 2.24. The number of carbonyl (C=O) groups is 1. The Kier molecular flexibility index (Phi) is 6.92. The molecule has 3 rings (SSSR count). The lowest BCUT2D eigenvalue weighted by Gasteiger charge is -2.33. The van der Waals surface area contributed by atoms with Crippen LogP contribution in [0.4, 0.5) is 0 Å².